The molecule has 0 aliphatic carbocycles. The number of carbonyl (C=O) groups excluding carboxylic acids is 1. The van der Waals surface area contributed by atoms with E-state index in [0.29, 0.717) is 0 Å². The molecule has 0 radical (unpaired) electrons. The molecule has 386 valence electrons. The standard InChI is InChI=1S/C47H75NO17.2H2O/c1-27-17-15-13-11-9-7-5-6-8-10-12-14-16-18-34(64-46-44(58)41(48)43(57)30(4)63-46)24-38-40(45(59)60)37(54)26-47(61,65-38)25-36(53)35(52)20-19-31(49)21-32(50)22-33(51)23-39(55)62-29(3)28(2)42(27)56;;/h5-6,8,10-18,27-38,40-44,46,49-54,56-58,61H,7,9,19-26,48H2,1-4H3,(H,59,60);2*1H2/b6-5+,10-8+,13-11+,14-12+,17-15+,18-16+;;/t27?,28?,29?,30-,31?,32?,33?,34?,35?,36?,37?,38?,40?,41+,42?,43-,44+,46+,47?;;/m1../s1. The molecule has 0 aromatic heterocycles. The highest BCUT2D eigenvalue weighted by molar-refractivity contribution is 5.71. The lowest BCUT2D eigenvalue weighted by Crippen LogP contribution is -2.61. The van der Waals surface area contributed by atoms with Crippen molar-refractivity contribution < 1.29 is 95.7 Å². The fourth-order valence-corrected chi connectivity index (χ4v) is 8.11. The second kappa shape index (κ2) is 30.4. The van der Waals surface area contributed by atoms with E-state index in [1.54, 1.807) is 38.2 Å². The number of aliphatic hydroxyl groups excluding tert-OH is 9. The number of carboxylic acids is 1. The zero-order chi connectivity index (χ0) is 48.4. The number of allylic oxidation sites excluding steroid dienone is 10. The largest absolute Gasteiger partial charge is 0.481 e. The van der Waals surface area contributed by atoms with Crippen LogP contribution in [-0.4, -0.2) is 177 Å². The molecule has 2 bridgehead atoms. The van der Waals surface area contributed by atoms with Gasteiger partial charge in [0.2, 0.25) is 0 Å². The molecule has 3 aliphatic heterocycles. The number of aliphatic carboxylic acids is 1. The molecule has 0 amide bonds. The van der Waals surface area contributed by atoms with Crippen molar-refractivity contribution in [3.63, 3.8) is 0 Å². The monoisotopic (exact) mass is 962 g/mol. The first kappa shape index (κ1) is 61.8. The maximum atomic E-state index is 12.6. The Bertz CT molecular complexity index is 1620. The van der Waals surface area contributed by atoms with Crippen LogP contribution in [-0.2, 0) is 28.5 Å². The number of ether oxygens (including phenoxy) is 4. The molecular formula is C47H79NO19. The van der Waals surface area contributed by atoms with Crippen LogP contribution in [0.1, 0.15) is 91.9 Å². The smallest absolute Gasteiger partial charge is 0.311 e. The van der Waals surface area contributed by atoms with Crippen molar-refractivity contribution in [3.8, 4) is 0 Å². The number of nitrogens with two attached hydrogens (primary N) is 1. The van der Waals surface area contributed by atoms with Gasteiger partial charge in [0.1, 0.15) is 18.1 Å². The van der Waals surface area contributed by atoms with Crippen LogP contribution in [0.4, 0.5) is 0 Å². The van der Waals surface area contributed by atoms with Gasteiger partial charge < -0.3 is 91.8 Å². The maximum absolute atomic E-state index is 12.6. The van der Waals surface area contributed by atoms with E-state index in [4.69, 9.17) is 24.7 Å². The van der Waals surface area contributed by atoms with Crippen LogP contribution in [0.15, 0.2) is 72.9 Å². The summed E-state index contributed by atoms with van der Waals surface area (Å²) in [7, 11) is 0. The van der Waals surface area contributed by atoms with Crippen molar-refractivity contribution in [2.45, 2.75) is 189 Å². The minimum atomic E-state index is -2.35. The van der Waals surface area contributed by atoms with Crippen molar-refractivity contribution in [1.29, 1.82) is 0 Å². The molecule has 0 saturated carbocycles. The average molecular weight is 962 g/mol. The highest BCUT2D eigenvalue weighted by Crippen LogP contribution is 2.38. The predicted molar refractivity (Wildman–Crippen MR) is 244 cm³/mol. The van der Waals surface area contributed by atoms with Gasteiger partial charge in [-0.2, -0.15) is 0 Å². The Kier molecular flexibility index (Phi) is 28.0. The molecule has 17 N–H and O–H groups in total. The number of esters is 1. The van der Waals surface area contributed by atoms with Crippen molar-refractivity contribution in [3.05, 3.63) is 72.9 Å². The SMILES string of the molecule is CC1/C=C/C=C/CC/C=C/C=C/C=C/C=C/C(O[C@@H]2O[C@H](C)[C@@H](O)[C@H](N)[C@@H]2O)CC2OC(O)(CC(O)C(O)CCC(O)CC(O)CC(O)CC(=O)OC(C)C(C)C1O)CC(O)C2C(=O)O.O.O. The van der Waals surface area contributed by atoms with Crippen LogP contribution < -0.4 is 5.73 Å². The van der Waals surface area contributed by atoms with E-state index in [0.717, 1.165) is 12.8 Å². The molecule has 3 rings (SSSR count). The Morgan fingerprint density at radius 2 is 1.25 bits per heavy atom. The van der Waals surface area contributed by atoms with E-state index >= 15 is 0 Å². The summed E-state index contributed by atoms with van der Waals surface area (Å²) in [4.78, 5) is 25.1. The van der Waals surface area contributed by atoms with Crippen molar-refractivity contribution in [2.75, 3.05) is 0 Å². The quantitative estimate of drug-likeness (QED) is 0.155. The number of carbonyl (C=O) groups is 2. The Morgan fingerprint density at radius 3 is 1.90 bits per heavy atom. The molecule has 20 nitrogen and oxygen atoms in total. The van der Waals surface area contributed by atoms with Gasteiger partial charge in [-0.1, -0.05) is 86.8 Å². The molecule has 14 unspecified atom stereocenters. The molecule has 19 atom stereocenters. The van der Waals surface area contributed by atoms with Crippen LogP contribution in [0.3, 0.4) is 0 Å². The van der Waals surface area contributed by atoms with Gasteiger partial charge in [0.15, 0.2) is 12.1 Å². The van der Waals surface area contributed by atoms with E-state index in [9.17, 15) is 65.8 Å². The predicted octanol–water partition coefficient (Wildman–Crippen LogP) is -0.714. The first-order chi connectivity index (χ1) is 30.6. The molecule has 3 heterocycles. The number of carboxylic acid groups (broad SMARTS) is 1. The molecule has 0 aromatic carbocycles. The number of cyclic esters (lactones) is 1. The highest BCUT2D eigenvalue weighted by atomic mass is 16.7. The van der Waals surface area contributed by atoms with Gasteiger partial charge in [0.25, 0.3) is 0 Å². The number of hydrogen-bond donors (Lipinski definition) is 12. The van der Waals surface area contributed by atoms with Crippen molar-refractivity contribution >= 4 is 11.9 Å². The van der Waals surface area contributed by atoms with E-state index in [2.05, 4.69) is 0 Å². The van der Waals surface area contributed by atoms with Crippen molar-refractivity contribution in [1.82, 2.24) is 0 Å². The van der Waals surface area contributed by atoms with E-state index in [1.807, 2.05) is 49.5 Å². The Morgan fingerprint density at radius 1 is 0.687 bits per heavy atom. The second-order valence-corrected chi connectivity index (χ2v) is 17.8. The Labute approximate surface area is 392 Å². The third kappa shape index (κ3) is 20.7. The molecule has 3 aliphatic rings. The van der Waals surface area contributed by atoms with Gasteiger partial charge in [-0.3, -0.25) is 9.59 Å². The first-order valence-corrected chi connectivity index (χ1v) is 22.6. The summed E-state index contributed by atoms with van der Waals surface area (Å²) in [6.07, 6.45) is 2.28. The summed E-state index contributed by atoms with van der Waals surface area (Å²) >= 11 is 0. The molecule has 2 fully saturated rings. The van der Waals surface area contributed by atoms with Crippen LogP contribution in [0, 0.1) is 17.8 Å². The number of fused-ring (bicyclic) bond motifs is 2. The number of hydrogen-bond acceptors (Lipinski definition) is 17. The molecular weight excluding hydrogens is 883 g/mol. The number of aliphatic hydroxyl groups is 10. The number of rotatable bonds is 3. The fourth-order valence-electron chi connectivity index (χ4n) is 8.11. The highest BCUT2D eigenvalue weighted by Gasteiger charge is 2.51. The minimum absolute atomic E-state index is 0. The zero-order valence-corrected chi connectivity index (χ0v) is 38.8. The summed E-state index contributed by atoms with van der Waals surface area (Å²) in [5.41, 5.74) is 6.02. The summed E-state index contributed by atoms with van der Waals surface area (Å²) in [6, 6.07) is -1.14. The molecule has 2 saturated heterocycles. The zero-order valence-electron chi connectivity index (χ0n) is 38.8. The molecule has 20 heteroatoms. The van der Waals surface area contributed by atoms with Crippen molar-refractivity contribution in [2.24, 2.45) is 23.5 Å². The van der Waals surface area contributed by atoms with Crippen LogP contribution in [0.5, 0.6) is 0 Å². The Balaban J connectivity index is 0.0000112. The van der Waals surface area contributed by atoms with Gasteiger partial charge >= 0.3 is 11.9 Å². The van der Waals surface area contributed by atoms with Crippen LogP contribution in [0.2, 0.25) is 0 Å². The lowest BCUT2D eigenvalue weighted by atomic mass is 9.82. The van der Waals surface area contributed by atoms with Crippen LogP contribution in [0.25, 0.3) is 0 Å². The van der Waals surface area contributed by atoms with Gasteiger partial charge in [0.05, 0.1) is 79.6 Å². The molecule has 67 heavy (non-hydrogen) atoms. The van der Waals surface area contributed by atoms with E-state index in [1.165, 1.54) is 13.0 Å². The van der Waals surface area contributed by atoms with E-state index in [-0.39, 0.29) is 49.0 Å². The van der Waals surface area contributed by atoms with Crippen LogP contribution >= 0.6 is 0 Å². The van der Waals surface area contributed by atoms with Gasteiger partial charge in [-0.25, -0.2) is 0 Å². The summed E-state index contributed by atoms with van der Waals surface area (Å²) in [6.45, 7) is 6.78. The first-order valence-electron chi connectivity index (χ1n) is 22.6. The average Bonchev–Trinajstić information content (AvgIpc) is 3.21. The molecule has 0 aromatic rings. The Hall–Kier alpha value is -3.26. The maximum Gasteiger partial charge on any atom is 0.311 e. The van der Waals surface area contributed by atoms with Gasteiger partial charge in [-0.15, -0.1) is 0 Å². The van der Waals surface area contributed by atoms with Gasteiger partial charge in [0, 0.05) is 31.1 Å². The van der Waals surface area contributed by atoms with Gasteiger partial charge in [-0.05, 0) is 52.4 Å². The summed E-state index contributed by atoms with van der Waals surface area (Å²) in [5, 5.41) is 118. The third-order valence-electron chi connectivity index (χ3n) is 12.2. The lowest BCUT2D eigenvalue weighted by molar-refractivity contribution is -0.310. The lowest BCUT2D eigenvalue weighted by Gasteiger charge is -2.45. The summed E-state index contributed by atoms with van der Waals surface area (Å²) in [5.74, 6) is -6.82. The topological polar surface area (TPSA) is 383 Å². The normalized spacial score (nSPS) is 43.9. The minimum Gasteiger partial charge on any atom is -0.481 e. The summed E-state index contributed by atoms with van der Waals surface area (Å²) < 4.78 is 23.2. The third-order valence-corrected chi connectivity index (χ3v) is 12.2. The second-order valence-electron chi connectivity index (χ2n) is 17.8. The van der Waals surface area contributed by atoms with E-state index < -0.39 is 141 Å². The molecule has 0 spiro atoms. The fraction of sp³-hybridized carbons (Fsp3) is 0.702.